The minimum Gasteiger partial charge on any atom is -0.389 e. The fraction of sp³-hybridized carbons (Fsp3) is 0.714. The Labute approximate surface area is 55.6 Å². The summed E-state index contributed by atoms with van der Waals surface area (Å²) in [5.41, 5.74) is 1.13. The van der Waals surface area contributed by atoms with Crippen molar-refractivity contribution >= 4 is 0 Å². The van der Waals surface area contributed by atoms with Crippen molar-refractivity contribution in [3.05, 3.63) is 11.6 Å². The topological polar surface area (TPSA) is 32.3 Å². The molecule has 0 spiro atoms. The molecule has 0 aromatic heterocycles. The van der Waals surface area contributed by atoms with Gasteiger partial charge in [0.05, 0.1) is 6.10 Å². The lowest BCUT2D eigenvalue weighted by Gasteiger charge is -2.15. The fourth-order valence-corrected chi connectivity index (χ4v) is 0.983. The van der Waals surface area contributed by atoms with Gasteiger partial charge in [0, 0.05) is 6.54 Å². The molecular weight excluding hydrogens is 114 g/mol. The number of nitrogens with one attached hydrogen (secondary N) is 1. The highest BCUT2D eigenvalue weighted by atomic mass is 16.3. The molecule has 1 aliphatic heterocycles. The van der Waals surface area contributed by atoms with E-state index in [1.54, 1.807) is 6.92 Å². The van der Waals surface area contributed by atoms with E-state index in [1.165, 1.54) is 0 Å². The molecule has 1 rings (SSSR count). The van der Waals surface area contributed by atoms with Gasteiger partial charge in [-0.1, -0.05) is 6.08 Å². The predicted octanol–water partition coefficient (Wildman–Crippen LogP) is 0.287. The lowest BCUT2D eigenvalue weighted by Crippen LogP contribution is -2.26. The third-order valence-corrected chi connectivity index (χ3v) is 1.59. The third kappa shape index (κ3) is 1.80. The molecule has 0 aliphatic carbocycles. The number of hydrogen-bond donors (Lipinski definition) is 2. The molecule has 0 unspecified atom stereocenters. The maximum absolute atomic E-state index is 9.07. The van der Waals surface area contributed by atoms with Crippen molar-refractivity contribution in [3.63, 3.8) is 0 Å². The maximum Gasteiger partial charge on any atom is 0.0734 e. The van der Waals surface area contributed by atoms with Crippen LogP contribution in [0.4, 0.5) is 0 Å². The molecule has 0 aromatic carbocycles. The number of hydrogen-bond acceptors (Lipinski definition) is 2. The smallest absolute Gasteiger partial charge is 0.0734 e. The first-order valence-corrected chi connectivity index (χ1v) is 3.38. The Morgan fingerprint density at radius 3 is 2.89 bits per heavy atom. The lowest BCUT2D eigenvalue weighted by atomic mass is 10.1. The standard InChI is InChI=1S/C7H13NO/c1-6(9)7-3-2-4-8-5-7/h3,6,8-9H,2,4-5H2,1H3/t6-/m0/s1. The van der Waals surface area contributed by atoms with Gasteiger partial charge in [-0.2, -0.15) is 0 Å². The minimum absolute atomic E-state index is 0.266. The highest BCUT2D eigenvalue weighted by Gasteiger charge is 2.06. The van der Waals surface area contributed by atoms with Gasteiger partial charge in [-0.3, -0.25) is 0 Å². The van der Waals surface area contributed by atoms with Crippen LogP contribution in [0.5, 0.6) is 0 Å². The molecule has 0 saturated carbocycles. The summed E-state index contributed by atoms with van der Waals surface area (Å²) < 4.78 is 0. The molecule has 0 radical (unpaired) electrons. The zero-order valence-electron chi connectivity index (χ0n) is 5.72. The Hall–Kier alpha value is -0.340. The molecule has 52 valence electrons. The van der Waals surface area contributed by atoms with Crippen LogP contribution in [0.15, 0.2) is 11.6 Å². The van der Waals surface area contributed by atoms with Gasteiger partial charge >= 0.3 is 0 Å². The summed E-state index contributed by atoms with van der Waals surface area (Å²) in [7, 11) is 0. The summed E-state index contributed by atoms with van der Waals surface area (Å²) in [6, 6.07) is 0. The van der Waals surface area contributed by atoms with E-state index in [0.717, 1.165) is 25.1 Å². The van der Waals surface area contributed by atoms with Gasteiger partial charge in [0.15, 0.2) is 0 Å². The van der Waals surface area contributed by atoms with Gasteiger partial charge in [-0.05, 0) is 25.5 Å². The first kappa shape index (κ1) is 6.78. The molecule has 2 nitrogen and oxygen atoms in total. The second-order valence-electron chi connectivity index (χ2n) is 2.42. The van der Waals surface area contributed by atoms with E-state index in [2.05, 4.69) is 11.4 Å². The van der Waals surface area contributed by atoms with E-state index >= 15 is 0 Å². The molecule has 1 aliphatic rings. The SMILES string of the molecule is C[C@H](O)C1=CCCNC1. The van der Waals surface area contributed by atoms with Crippen LogP contribution >= 0.6 is 0 Å². The van der Waals surface area contributed by atoms with Crippen LogP contribution < -0.4 is 5.32 Å². The normalized spacial score (nSPS) is 23.1. The molecule has 0 amide bonds. The van der Waals surface area contributed by atoms with Crippen molar-refractivity contribution in [2.24, 2.45) is 0 Å². The van der Waals surface area contributed by atoms with Crippen LogP contribution in [0, 0.1) is 0 Å². The quantitative estimate of drug-likeness (QED) is 0.496. The molecular formula is C7H13NO. The van der Waals surface area contributed by atoms with Crippen LogP contribution in [-0.2, 0) is 0 Å². The van der Waals surface area contributed by atoms with Gasteiger partial charge in [0.25, 0.3) is 0 Å². The molecule has 9 heavy (non-hydrogen) atoms. The van der Waals surface area contributed by atoms with Crippen molar-refractivity contribution in [2.45, 2.75) is 19.4 Å². The van der Waals surface area contributed by atoms with E-state index in [1.807, 2.05) is 0 Å². The van der Waals surface area contributed by atoms with Crippen molar-refractivity contribution in [1.29, 1.82) is 0 Å². The first-order chi connectivity index (χ1) is 4.30. The predicted molar refractivity (Wildman–Crippen MR) is 37.3 cm³/mol. The molecule has 1 atom stereocenters. The summed E-state index contributed by atoms with van der Waals surface area (Å²) in [4.78, 5) is 0. The monoisotopic (exact) mass is 127 g/mol. The minimum atomic E-state index is -0.266. The average Bonchev–Trinajstić information content (AvgIpc) is 1.90. The summed E-state index contributed by atoms with van der Waals surface area (Å²) in [5, 5.41) is 12.3. The van der Waals surface area contributed by atoms with Crippen molar-refractivity contribution in [2.75, 3.05) is 13.1 Å². The van der Waals surface area contributed by atoms with Gasteiger partial charge < -0.3 is 10.4 Å². The summed E-state index contributed by atoms with van der Waals surface area (Å²) in [6.07, 6.45) is 2.90. The Morgan fingerprint density at radius 1 is 1.78 bits per heavy atom. The highest BCUT2D eigenvalue weighted by molar-refractivity contribution is 5.11. The second kappa shape index (κ2) is 2.99. The zero-order chi connectivity index (χ0) is 6.69. The average molecular weight is 127 g/mol. The molecule has 0 fully saturated rings. The summed E-state index contributed by atoms with van der Waals surface area (Å²) in [5.74, 6) is 0. The van der Waals surface area contributed by atoms with Crippen molar-refractivity contribution < 1.29 is 5.11 Å². The van der Waals surface area contributed by atoms with Crippen LogP contribution in [0.25, 0.3) is 0 Å². The van der Waals surface area contributed by atoms with Crippen molar-refractivity contribution in [1.82, 2.24) is 5.32 Å². The van der Waals surface area contributed by atoms with Gasteiger partial charge in [-0.25, -0.2) is 0 Å². The van der Waals surface area contributed by atoms with Gasteiger partial charge in [0.2, 0.25) is 0 Å². The molecule has 0 aromatic rings. The van der Waals surface area contributed by atoms with E-state index in [4.69, 9.17) is 5.11 Å². The van der Waals surface area contributed by atoms with Crippen LogP contribution in [-0.4, -0.2) is 24.3 Å². The summed E-state index contributed by atoms with van der Waals surface area (Å²) in [6.45, 7) is 3.72. The zero-order valence-corrected chi connectivity index (χ0v) is 5.72. The first-order valence-electron chi connectivity index (χ1n) is 3.38. The molecule has 2 N–H and O–H groups in total. The van der Waals surface area contributed by atoms with E-state index in [9.17, 15) is 0 Å². The van der Waals surface area contributed by atoms with Gasteiger partial charge in [0.1, 0.15) is 0 Å². The molecule has 2 heteroatoms. The molecule has 0 saturated heterocycles. The van der Waals surface area contributed by atoms with Crippen LogP contribution in [0.3, 0.4) is 0 Å². The Balaban J connectivity index is 2.46. The Bertz CT molecular complexity index is 118. The fourth-order valence-electron chi connectivity index (χ4n) is 0.983. The van der Waals surface area contributed by atoms with Crippen LogP contribution in [0.2, 0.25) is 0 Å². The Kier molecular flexibility index (Phi) is 2.25. The maximum atomic E-state index is 9.07. The third-order valence-electron chi connectivity index (χ3n) is 1.59. The molecule has 1 heterocycles. The molecule has 0 bridgehead atoms. The number of rotatable bonds is 1. The largest absolute Gasteiger partial charge is 0.389 e. The lowest BCUT2D eigenvalue weighted by molar-refractivity contribution is 0.226. The number of aliphatic hydroxyl groups excluding tert-OH is 1. The highest BCUT2D eigenvalue weighted by Crippen LogP contribution is 2.04. The Morgan fingerprint density at radius 2 is 2.56 bits per heavy atom. The van der Waals surface area contributed by atoms with E-state index in [0.29, 0.717) is 0 Å². The van der Waals surface area contributed by atoms with Crippen molar-refractivity contribution in [3.8, 4) is 0 Å². The van der Waals surface area contributed by atoms with E-state index < -0.39 is 0 Å². The van der Waals surface area contributed by atoms with Gasteiger partial charge in [-0.15, -0.1) is 0 Å². The second-order valence-corrected chi connectivity index (χ2v) is 2.42. The van der Waals surface area contributed by atoms with E-state index in [-0.39, 0.29) is 6.10 Å². The number of aliphatic hydroxyl groups is 1. The van der Waals surface area contributed by atoms with Crippen LogP contribution in [0.1, 0.15) is 13.3 Å². The summed E-state index contributed by atoms with van der Waals surface area (Å²) >= 11 is 0.